The normalized spacial score (nSPS) is 12.6. The van der Waals surface area contributed by atoms with Crippen LogP contribution in [0.25, 0.3) is 0 Å². The van der Waals surface area contributed by atoms with E-state index in [1.54, 1.807) is 14.0 Å². The molecule has 2 nitrogen and oxygen atoms in total. The SMILES string of the molecule is COC(C)C(=O)c1cc(C)ccc1C. The minimum Gasteiger partial charge on any atom is -0.374 e. The molecule has 0 saturated carbocycles. The molecule has 1 aromatic carbocycles. The first-order valence-electron chi connectivity index (χ1n) is 4.70. The van der Waals surface area contributed by atoms with Crippen LogP contribution >= 0.6 is 0 Å². The van der Waals surface area contributed by atoms with Crippen molar-refractivity contribution in [2.45, 2.75) is 26.9 Å². The van der Waals surface area contributed by atoms with Crippen molar-refractivity contribution in [3.63, 3.8) is 0 Å². The number of hydrogen-bond acceptors (Lipinski definition) is 2. The van der Waals surface area contributed by atoms with Crippen molar-refractivity contribution in [1.29, 1.82) is 0 Å². The van der Waals surface area contributed by atoms with E-state index in [1.165, 1.54) is 0 Å². The summed E-state index contributed by atoms with van der Waals surface area (Å²) in [6.07, 6.45) is -0.365. The fourth-order valence-corrected chi connectivity index (χ4v) is 1.33. The van der Waals surface area contributed by atoms with Crippen molar-refractivity contribution in [3.8, 4) is 0 Å². The molecule has 1 aromatic rings. The molecular formula is C12H16O2. The van der Waals surface area contributed by atoms with Crippen molar-refractivity contribution in [2.24, 2.45) is 0 Å². The number of carbonyl (C=O) groups excluding carboxylic acids is 1. The first-order valence-corrected chi connectivity index (χ1v) is 4.70. The van der Waals surface area contributed by atoms with E-state index in [-0.39, 0.29) is 11.9 Å². The summed E-state index contributed by atoms with van der Waals surface area (Å²) in [7, 11) is 1.55. The number of ketones is 1. The van der Waals surface area contributed by atoms with Gasteiger partial charge in [-0.2, -0.15) is 0 Å². The van der Waals surface area contributed by atoms with Crippen molar-refractivity contribution >= 4 is 5.78 Å². The topological polar surface area (TPSA) is 26.3 Å². The Bertz CT molecular complexity index is 342. The molecule has 0 bridgehead atoms. The maximum absolute atomic E-state index is 11.8. The zero-order valence-electron chi connectivity index (χ0n) is 9.13. The fraction of sp³-hybridized carbons (Fsp3) is 0.417. The molecule has 0 aromatic heterocycles. The van der Waals surface area contributed by atoms with E-state index in [0.29, 0.717) is 0 Å². The Morgan fingerprint density at radius 2 is 2.00 bits per heavy atom. The number of benzene rings is 1. The molecule has 1 rings (SSSR count). The lowest BCUT2D eigenvalue weighted by molar-refractivity contribution is 0.0655. The molecule has 0 radical (unpaired) electrons. The average molecular weight is 192 g/mol. The molecule has 2 heteroatoms. The van der Waals surface area contributed by atoms with Gasteiger partial charge in [-0.05, 0) is 32.4 Å². The molecule has 1 atom stereocenters. The number of ether oxygens (including phenoxy) is 1. The minimum absolute atomic E-state index is 0.0497. The van der Waals surface area contributed by atoms with Gasteiger partial charge in [-0.25, -0.2) is 0 Å². The second-order valence-corrected chi connectivity index (χ2v) is 3.56. The summed E-state index contributed by atoms with van der Waals surface area (Å²) in [5.41, 5.74) is 2.87. The predicted octanol–water partition coefficient (Wildman–Crippen LogP) is 2.52. The molecule has 1 unspecified atom stereocenters. The van der Waals surface area contributed by atoms with Crippen LogP contribution in [0.5, 0.6) is 0 Å². The molecule has 14 heavy (non-hydrogen) atoms. The van der Waals surface area contributed by atoms with Gasteiger partial charge >= 0.3 is 0 Å². The van der Waals surface area contributed by atoms with E-state index in [4.69, 9.17) is 4.74 Å². The number of aryl methyl sites for hydroxylation is 2. The molecule has 0 N–H and O–H groups in total. The quantitative estimate of drug-likeness (QED) is 0.688. The van der Waals surface area contributed by atoms with Crippen LogP contribution in [0.1, 0.15) is 28.4 Å². The molecule has 0 saturated heterocycles. The minimum atomic E-state index is -0.365. The Labute approximate surface area is 84.9 Å². The largest absolute Gasteiger partial charge is 0.374 e. The third-order valence-electron chi connectivity index (χ3n) is 2.38. The highest BCUT2D eigenvalue weighted by atomic mass is 16.5. The van der Waals surface area contributed by atoms with Gasteiger partial charge in [-0.3, -0.25) is 4.79 Å². The number of hydrogen-bond donors (Lipinski definition) is 0. The van der Waals surface area contributed by atoms with Gasteiger partial charge in [0.25, 0.3) is 0 Å². The van der Waals surface area contributed by atoms with Crippen LogP contribution in [0.15, 0.2) is 18.2 Å². The highest BCUT2D eigenvalue weighted by Gasteiger charge is 2.16. The molecule has 0 aliphatic rings. The van der Waals surface area contributed by atoms with Gasteiger partial charge in [0, 0.05) is 12.7 Å². The van der Waals surface area contributed by atoms with Crippen LogP contribution in [-0.2, 0) is 4.74 Å². The molecule has 76 valence electrons. The maximum atomic E-state index is 11.8. The molecule has 0 aliphatic heterocycles. The molecule has 0 amide bonds. The second kappa shape index (κ2) is 4.38. The Hall–Kier alpha value is -1.15. The Kier molecular flexibility index (Phi) is 3.42. The zero-order chi connectivity index (χ0) is 10.7. The molecule has 0 fully saturated rings. The van der Waals surface area contributed by atoms with Crippen LogP contribution in [0.4, 0.5) is 0 Å². The van der Waals surface area contributed by atoms with E-state index in [1.807, 2.05) is 32.0 Å². The van der Waals surface area contributed by atoms with Crippen molar-refractivity contribution in [2.75, 3.05) is 7.11 Å². The van der Waals surface area contributed by atoms with Crippen LogP contribution < -0.4 is 0 Å². The van der Waals surface area contributed by atoms with Gasteiger partial charge < -0.3 is 4.74 Å². The second-order valence-electron chi connectivity index (χ2n) is 3.56. The van der Waals surface area contributed by atoms with E-state index >= 15 is 0 Å². The highest BCUT2D eigenvalue weighted by Crippen LogP contribution is 2.13. The van der Waals surface area contributed by atoms with Crippen LogP contribution in [0, 0.1) is 13.8 Å². The van der Waals surface area contributed by atoms with Gasteiger partial charge in [0.1, 0.15) is 6.10 Å². The van der Waals surface area contributed by atoms with E-state index in [2.05, 4.69) is 0 Å². The summed E-state index contributed by atoms with van der Waals surface area (Å²) in [5, 5.41) is 0. The number of Topliss-reactive ketones (excluding diaryl/α,β-unsaturated/α-hetero) is 1. The lowest BCUT2D eigenvalue weighted by atomic mass is 9.99. The summed E-state index contributed by atoms with van der Waals surface area (Å²) in [6.45, 7) is 5.69. The average Bonchev–Trinajstić information content (AvgIpc) is 2.19. The molecule has 0 aliphatic carbocycles. The van der Waals surface area contributed by atoms with Gasteiger partial charge in [-0.1, -0.05) is 17.7 Å². The zero-order valence-corrected chi connectivity index (χ0v) is 9.13. The first kappa shape index (κ1) is 10.9. The van der Waals surface area contributed by atoms with Gasteiger partial charge in [0.2, 0.25) is 0 Å². The highest BCUT2D eigenvalue weighted by molar-refractivity contribution is 6.00. The summed E-state index contributed by atoms with van der Waals surface area (Å²) < 4.78 is 5.01. The Morgan fingerprint density at radius 1 is 1.36 bits per heavy atom. The number of methoxy groups -OCH3 is 1. The predicted molar refractivity (Wildman–Crippen MR) is 56.7 cm³/mol. The molecular weight excluding hydrogens is 176 g/mol. The summed E-state index contributed by atoms with van der Waals surface area (Å²) in [6, 6.07) is 5.88. The first-order chi connectivity index (χ1) is 6.56. The van der Waals surface area contributed by atoms with Crippen molar-refractivity contribution in [3.05, 3.63) is 34.9 Å². The third kappa shape index (κ3) is 2.20. The van der Waals surface area contributed by atoms with Crippen LogP contribution in [0.3, 0.4) is 0 Å². The monoisotopic (exact) mass is 192 g/mol. The number of rotatable bonds is 3. The van der Waals surface area contributed by atoms with E-state index in [9.17, 15) is 4.79 Å². The fourth-order valence-electron chi connectivity index (χ4n) is 1.33. The summed E-state index contributed by atoms with van der Waals surface area (Å²) in [5.74, 6) is 0.0497. The molecule has 0 heterocycles. The van der Waals surface area contributed by atoms with Gasteiger partial charge in [-0.15, -0.1) is 0 Å². The maximum Gasteiger partial charge on any atom is 0.191 e. The lowest BCUT2D eigenvalue weighted by Gasteiger charge is -2.11. The number of carbonyl (C=O) groups is 1. The van der Waals surface area contributed by atoms with E-state index < -0.39 is 0 Å². The van der Waals surface area contributed by atoms with Crippen LogP contribution in [0.2, 0.25) is 0 Å². The third-order valence-corrected chi connectivity index (χ3v) is 2.38. The summed E-state index contributed by atoms with van der Waals surface area (Å²) in [4.78, 5) is 11.8. The molecule has 0 spiro atoms. The standard InChI is InChI=1S/C12H16O2/c1-8-5-6-9(2)11(7-8)12(13)10(3)14-4/h5-7,10H,1-4H3. The van der Waals surface area contributed by atoms with Crippen molar-refractivity contribution in [1.82, 2.24) is 0 Å². The lowest BCUT2D eigenvalue weighted by Crippen LogP contribution is -2.20. The van der Waals surface area contributed by atoms with Crippen LogP contribution in [-0.4, -0.2) is 19.0 Å². The summed E-state index contributed by atoms with van der Waals surface area (Å²) >= 11 is 0. The van der Waals surface area contributed by atoms with E-state index in [0.717, 1.165) is 16.7 Å². The van der Waals surface area contributed by atoms with Gasteiger partial charge in [0.05, 0.1) is 0 Å². The Morgan fingerprint density at radius 3 is 2.57 bits per heavy atom. The van der Waals surface area contributed by atoms with Crippen molar-refractivity contribution < 1.29 is 9.53 Å². The Balaban J connectivity index is 3.06. The smallest absolute Gasteiger partial charge is 0.191 e. The van der Waals surface area contributed by atoms with Gasteiger partial charge in [0.15, 0.2) is 5.78 Å².